The Morgan fingerprint density at radius 3 is 2.89 bits per heavy atom. The van der Waals surface area contributed by atoms with E-state index in [-0.39, 0.29) is 17.9 Å². The monoisotopic (exact) mass is 380 g/mol. The van der Waals surface area contributed by atoms with E-state index >= 15 is 0 Å². The van der Waals surface area contributed by atoms with Gasteiger partial charge in [-0.1, -0.05) is 6.07 Å². The maximum atomic E-state index is 12.8. The summed E-state index contributed by atoms with van der Waals surface area (Å²) in [5.74, 6) is -0.278. The molecule has 0 radical (unpaired) electrons. The molecule has 138 valence electrons. The number of amides is 3. The van der Waals surface area contributed by atoms with Crippen LogP contribution in [0.4, 0.5) is 15.5 Å². The van der Waals surface area contributed by atoms with Crippen LogP contribution in [-0.4, -0.2) is 34.9 Å². The van der Waals surface area contributed by atoms with Crippen molar-refractivity contribution in [2.45, 2.75) is 12.8 Å². The summed E-state index contributed by atoms with van der Waals surface area (Å²) in [4.78, 5) is 31.3. The van der Waals surface area contributed by atoms with Crippen LogP contribution in [-0.2, 0) is 4.79 Å². The zero-order valence-electron chi connectivity index (χ0n) is 14.7. The first-order chi connectivity index (χ1) is 13.2. The number of aromatic nitrogens is 1. The molecule has 3 amide bonds. The molecule has 3 heterocycles. The van der Waals surface area contributed by atoms with Crippen molar-refractivity contribution in [1.29, 1.82) is 0 Å². The maximum absolute atomic E-state index is 12.8. The summed E-state index contributed by atoms with van der Waals surface area (Å²) in [6, 6.07) is 13.1. The van der Waals surface area contributed by atoms with E-state index in [0.717, 1.165) is 34.4 Å². The summed E-state index contributed by atoms with van der Waals surface area (Å²) in [7, 11) is 0. The number of rotatable bonds is 3. The second-order valence-corrected chi connectivity index (χ2v) is 7.51. The van der Waals surface area contributed by atoms with Gasteiger partial charge in [-0.15, -0.1) is 11.3 Å². The van der Waals surface area contributed by atoms with Crippen LogP contribution in [0.25, 0.3) is 10.9 Å². The Morgan fingerprint density at radius 2 is 2.04 bits per heavy atom. The molecule has 0 aliphatic carbocycles. The molecule has 1 fully saturated rings. The lowest BCUT2D eigenvalue weighted by molar-refractivity contribution is -0.121. The van der Waals surface area contributed by atoms with E-state index in [0.29, 0.717) is 13.1 Å². The number of likely N-dealkylation sites (tertiary alicyclic amines) is 1. The average Bonchev–Trinajstić information content (AvgIpc) is 3.21. The molecule has 0 spiro atoms. The number of carbonyl (C=O) groups excluding carboxylic acids is 2. The lowest BCUT2D eigenvalue weighted by atomic mass is 9.97. The van der Waals surface area contributed by atoms with Crippen molar-refractivity contribution >= 4 is 44.9 Å². The molecule has 4 rings (SSSR count). The molecular weight excluding hydrogens is 360 g/mol. The second kappa shape index (κ2) is 7.75. The first kappa shape index (κ1) is 17.5. The van der Waals surface area contributed by atoms with Gasteiger partial charge in [0.2, 0.25) is 5.91 Å². The average molecular weight is 380 g/mol. The van der Waals surface area contributed by atoms with E-state index in [9.17, 15) is 9.59 Å². The fraction of sp³-hybridized carbons (Fsp3) is 0.250. The molecule has 3 aromatic rings. The molecule has 1 saturated heterocycles. The number of piperidine rings is 1. The van der Waals surface area contributed by atoms with Crippen LogP contribution in [0, 0.1) is 5.92 Å². The van der Waals surface area contributed by atoms with Crippen molar-refractivity contribution in [3.63, 3.8) is 0 Å². The SMILES string of the molecule is O=C(Nc1cccc2ncccc12)C1CCCN(C(=O)Nc2cccs2)C1. The predicted molar refractivity (Wildman–Crippen MR) is 108 cm³/mol. The summed E-state index contributed by atoms with van der Waals surface area (Å²) >= 11 is 1.48. The lowest BCUT2D eigenvalue weighted by Gasteiger charge is -2.32. The summed E-state index contributed by atoms with van der Waals surface area (Å²) in [5.41, 5.74) is 1.60. The van der Waals surface area contributed by atoms with E-state index < -0.39 is 0 Å². The Bertz CT molecular complexity index is 952. The van der Waals surface area contributed by atoms with Crippen molar-refractivity contribution in [2.75, 3.05) is 23.7 Å². The van der Waals surface area contributed by atoms with Crippen LogP contribution >= 0.6 is 11.3 Å². The normalized spacial score (nSPS) is 16.9. The quantitative estimate of drug-likeness (QED) is 0.716. The molecule has 7 heteroatoms. The highest BCUT2D eigenvalue weighted by atomic mass is 32.1. The molecule has 27 heavy (non-hydrogen) atoms. The number of hydrogen-bond donors (Lipinski definition) is 2. The topological polar surface area (TPSA) is 74.3 Å². The van der Waals surface area contributed by atoms with Crippen molar-refractivity contribution in [3.05, 3.63) is 54.0 Å². The number of pyridine rings is 1. The fourth-order valence-electron chi connectivity index (χ4n) is 3.36. The van der Waals surface area contributed by atoms with Gasteiger partial charge < -0.3 is 10.2 Å². The van der Waals surface area contributed by atoms with Gasteiger partial charge in [0.1, 0.15) is 0 Å². The van der Waals surface area contributed by atoms with Crippen molar-refractivity contribution < 1.29 is 9.59 Å². The zero-order chi connectivity index (χ0) is 18.6. The standard InChI is InChI=1S/C20H20N4O2S/c25-19(22-17-8-1-7-16-15(17)6-2-10-21-16)14-5-3-11-24(13-14)20(26)23-18-9-4-12-27-18/h1-2,4,6-10,12,14H,3,5,11,13H2,(H,22,25)(H,23,26). The largest absolute Gasteiger partial charge is 0.325 e. The third-order valence-corrected chi connectivity index (χ3v) is 5.52. The third kappa shape index (κ3) is 3.93. The molecule has 0 bridgehead atoms. The molecular formula is C20H20N4O2S. The predicted octanol–water partition coefficient (Wildman–Crippen LogP) is 4.18. The van der Waals surface area contributed by atoms with Gasteiger partial charge in [-0.2, -0.15) is 0 Å². The minimum Gasteiger partial charge on any atom is -0.325 e. The van der Waals surface area contributed by atoms with Crippen LogP contribution < -0.4 is 10.6 Å². The van der Waals surface area contributed by atoms with Crippen LogP contribution in [0.1, 0.15) is 12.8 Å². The van der Waals surface area contributed by atoms with Crippen molar-refractivity contribution in [1.82, 2.24) is 9.88 Å². The van der Waals surface area contributed by atoms with Gasteiger partial charge in [0, 0.05) is 24.7 Å². The lowest BCUT2D eigenvalue weighted by Crippen LogP contribution is -2.45. The number of benzene rings is 1. The Kier molecular flexibility index (Phi) is 5.02. The molecule has 1 aliphatic heterocycles. The van der Waals surface area contributed by atoms with Gasteiger partial charge in [-0.05, 0) is 54.6 Å². The van der Waals surface area contributed by atoms with E-state index in [1.165, 1.54) is 11.3 Å². The van der Waals surface area contributed by atoms with E-state index in [1.807, 2.05) is 47.8 Å². The van der Waals surface area contributed by atoms with Crippen molar-refractivity contribution in [3.8, 4) is 0 Å². The summed E-state index contributed by atoms with van der Waals surface area (Å²) in [6.07, 6.45) is 3.32. The minimum atomic E-state index is -0.222. The van der Waals surface area contributed by atoms with E-state index in [1.54, 1.807) is 11.1 Å². The van der Waals surface area contributed by atoms with Gasteiger partial charge >= 0.3 is 6.03 Å². The number of nitrogens with zero attached hydrogens (tertiary/aromatic N) is 2. The number of fused-ring (bicyclic) bond motifs is 1. The number of hydrogen-bond acceptors (Lipinski definition) is 4. The molecule has 6 nitrogen and oxygen atoms in total. The van der Waals surface area contributed by atoms with Crippen LogP contribution in [0.3, 0.4) is 0 Å². The van der Waals surface area contributed by atoms with E-state index in [4.69, 9.17) is 0 Å². The Labute approximate surface area is 161 Å². The van der Waals surface area contributed by atoms with Crippen LogP contribution in [0.2, 0.25) is 0 Å². The highest BCUT2D eigenvalue weighted by Gasteiger charge is 2.28. The Morgan fingerprint density at radius 1 is 1.11 bits per heavy atom. The molecule has 2 N–H and O–H groups in total. The third-order valence-electron chi connectivity index (χ3n) is 4.73. The molecule has 1 atom stereocenters. The first-order valence-electron chi connectivity index (χ1n) is 8.95. The van der Waals surface area contributed by atoms with Gasteiger partial charge in [0.05, 0.1) is 22.1 Å². The summed E-state index contributed by atoms with van der Waals surface area (Å²) < 4.78 is 0. The molecule has 2 aromatic heterocycles. The van der Waals surface area contributed by atoms with Crippen molar-refractivity contribution in [2.24, 2.45) is 5.92 Å². The van der Waals surface area contributed by atoms with Crippen LogP contribution in [0.15, 0.2) is 54.0 Å². The number of anilines is 2. The first-order valence-corrected chi connectivity index (χ1v) is 9.83. The minimum absolute atomic E-state index is 0.0556. The van der Waals surface area contributed by atoms with Gasteiger partial charge in [-0.3, -0.25) is 15.1 Å². The number of urea groups is 1. The van der Waals surface area contributed by atoms with Crippen LogP contribution in [0.5, 0.6) is 0 Å². The summed E-state index contributed by atoms with van der Waals surface area (Å²) in [5, 5.41) is 9.56. The number of thiophene rings is 1. The molecule has 0 saturated carbocycles. The number of carbonyl (C=O) groups is 2. The van der Waals surface area contributed by atoms with E-state index in [2.05, 4.69) is 15.6 Å². The molecule has 1 unspecified atom stereocenters. The summed E-state index contributed by atoms with van der Waals surface area (Å²) in [6.45, 7) is 1.09. The Balaban J connectivity index is 1.43. The number of nitrogens with one attached hydrogen (secondary N) is 2. The second-order valence-electron chi connectivity index (χ2n) is 6.56. The van der Waals surface area contributed by atoms with Gasteiger partial charge in [0.25, 0.3) is 0 Å². The van der Waals surface area contributed by atoms with Gasteiger partial charge in [0.15, 0.2) is 0 Å². The zero-order valence-corrected chi connectivity index (χ0v) is 15.5. The smallest absolute Gasteiger partial charge is 0.322 e. The van der Waals surface area contributed by atoms with Gasteiger partial charge in [-0.25, -0.2) is 4.79 Å². The maximum Gasteiger partial charge on any atom is 0.322 e. The highest BCUT2D eigenvalue weighted by Crippen LogP contribution is 2.24. The molecule has 1 aliphatic rings. The fourth-order valence-corrected chi connectivity index (χ4v) is 3.96. The molecule has 1 aromatic carbocycles. The highest BCUT2D eigenvalue weighted by molar-refractivity contribution is 7.14. The Hall–Kier alpha value is -2.93.